The summed E-state index contributed by atoms with van der Waals surface area (Å²) in [5, 5.41) is 4.01. The van der Waals surface area contributed by atoms with Crippen LogP contribution in [0.3, 0.4) is 0 Å². The average molecular weight is 225 g/mol. The third kappa shape index (κ3) is 2.37. The minimum absolute atomic E-state index is 0.0646. The Labute approximate surface area is 93.1 Å². The van der Waals surface area contributed by atoms with E-state index in [0.29, 0.717) is 18.8 Å². The van der Waals surface area contributed by atoms with Gasteiger partial charge in [0, 0.05) is 7.11 Å². The van der Waals surface area contributed by atoms with Crippen molar-refractivity contribution in [2.24, 2.45) is 10.7 Å². The van der Waals surface area contributed by atoms with Crippen molar-refractivity contribution in [2.75, 3.05) is 19.5 Å². The number of primary amides is 1. The maximum Gasteiger partial charge on any atom is 0.271 e. The van der Waals surface area contributed by atoms with Crippen LogP contribution in [0.15, 0.2) is 4.99 Å². The lowest BCUT2D eigenvalue weighted by molar-refractivity contribution is 0.0995. The Morgan fingerprint density at radius 3 is 2.88 bits per heavy atom. The standard InChI is InChI=1S/C9H15N5O2/c1-12-5-6-7(10)8(9(11)15)13-14(6)3-4-16-2/h1,3-5,10H2,2H3,(H2,11,15). The number of rotatable bonds is 6. The summed E-state index contributed by atoms with van der Waals surface area (Å²) in [7, 11) is 1.58. The predicted molar refractivity (Wildman–Crippen MR) is 60.3 cm³/mol. The monoisotopic (exact) mass is 225 g/mol. The topological polar surface area (TPSA) is 109 Å². The molecule has 1 rings (SSSR count). The maximum absolute atomic E-state index is 11.1. The first-order valence-corrected chi connectivity index (χ1v) is 4.68. The zero-order chi connectivity index (χ0) is 12.1. The molecule has 16 heavy (non-hydrogen) atoms. The van der Waals surface area contributed by atoms with E-state index < -0.39 is 5.91 Å². The van der Waals surface area contributed by atoms with Crippen LogP contribution in [0.2, 0.25) is 0 Å². The van der Waals surface area contributed by atoms with Crippen molar-refractivity contribution in [1.82, 2.24) is 9.78 Å². The van der Waals surface area contributed by atoms with Crippen LogP contribution in [0.4, 0.5) is 5.69 Å². The number of nitrogens with two attached hydrogens (primary N) is 2. The number of methoxy groups -OCH3 is 1. The first-order chi connectivity index (χ1) is 7.61. The number of carbonyl (C=O) groups excluding carboxylic acids is 1. The zero-order valence-corrected chi connectivity index (χ0v) is 9.14. The summed E-state index contributed by atoms with van der Waals surface area (Å²) in [5.74, 6) is -0.654. The molecule has 0 bridgehead atoms. The number of nitrogen functional groups attached to an aromatic ring is 1. The highest BCUT2D eigenvalue weighted by molar-refractivity contribution is 5.96. The van der Waals surface area contributed by atoms with E-state index in [1.807, 2.05) is 0 Å². The van der Waals surface area contributed by atoms with Crippen molar-refractivity contribution in [3.63, 3.8) is 0 Å². The second-order valence-corrected chi connectivity index (χ2v) is 3.17. The molecule has 0 aliphatic heterocycles. The lowest BCUT2D eigenvalue weighted by Crippen LogP contribution is -2.14. The van der Waals surface area contributed by atoms with Gasteiger partial charge < -0.3 is 16.2 Å². The molecule has 0 aromatic carbocycles. The maximum atomic E-state index is 11.1. The molecular weight excluding hydrogens is 210 g/mol. The molecule has 88 valence electrons. The van der Waals surface area contributed by atoms with Crippen molar-refractivity contribution in [3.8, 4) is 0 Å². The van der Waals surface area contributed by atoms with Gasteiger partial charge in [0.05, 0.1) is 31.1 Å². The molecule has 0 saturated carbocycles. The van der Waals surface area contributed by atoms with Gasteiger partial charge in [-0.1, -0.05) is 0 Å². The van der Waals surface area contributed by atoms with Gasteiger partial charge in [-0.25, -0.2) is 0 Å². The van der Waals surface area contributed by atoms with Crippen LogP contribution < -0.4 is 11.5 Å². The number of aliphatic imine (C=N–C) groups is 1. The Balaban J connectivity index is 3.08. The van der Waals surface area contributed by atoms with Crippen LogP contribution >= 0.6 is 0 Å². The molecular formula is C9H15N5O2. The van der Waals surface area contributed by atoms with Crippen LogP contribution in [0.1, 0.15) is 16.2 Å². The highest BCUT2D eigenvalue weighted by Gasteiger charge is 2.18. The molecule has 0 radical (unpaired) electrons. The van der Waals surface area contributed by atoms with Crippen molar-refractivity contribution in [3.05, 3.63) is 11.4 Å². The van der Waals surface area contributed by atoms with Crippen molar-refractivity contribution < 1.29 is 9.53 Å². The number of ether oxygens (including phenoxy) is 1. The summed E-state index contributed by atoms with van der Waals surface area (Å²) in [6.07, 6.45) is 0. The minimum Gasteiger partial charge on any atom is -0.395 e. The average Bonchev–Trinajstić information content (AvgIpc) is 2.55. The van der Waals surface area contributed by atoms with Gasteiger partial charge in [0.15, 0.2) is 5.69 Å². The molecule has 0 unspecified atom stereocenters. The summed E-state index contributed by atoms with van der Waals surface area (Å²) in [4.78, 5) is 14.8. The number of nitrogens with zero attached hydrogens (tertiary/aromatic N) is 3. The Morgan fingerprint density at radius 1 is 1.69 bits per heavy atom. The van der Waals surface area contributed by atoms with Crippen LogP contribution in [-0.4, -0.2) is 36.1 Å². The minimum atomic E-state index is -0.654. The smallest absolute Gasteiger partial charge is 0.271 e. The van der Waals surface area contributed by atoms with E-state index in [1.165, 1.54) is 0 Å². The molecule has 0 aliphatic rings. The van der Waals surface area contributed by atoms with Gasteiger partial charge in [0.2, 0.25) is 0 Å². The summed E-state index contributed by atoms with van der Waals surface area (Å²) < 4.78 is 6.49. The van der Waals surface area contributed by atoms with Gasteiger partial charge in [-0.15, -0.1) is 0 Å². The fourth-order valence-electron chi connectivity index (χ4n) is 1.33. The highest BCUT2D eigenvalue weighted by atomic mass is 16.5. The number of aromatic nitrogens is 2. The normalized spacial score (nSPS) is 10.3. The molecule has 1 aromatic heterocycles. The Morgan fingerprint density at radius 2 is 2.38 bits per heavy atom. The first-order valence-electron chi connectivity index (χ1n) is 4.68. The fraction of sp³-hybridized carbons (Fsp3) is 0.444. The third-order valence-electron chi connectivity index (χ3n) is 2.10. The van der Waals surface area contributed by atoms with Gasteiger partial charge >= 0.3 is 0 Å². The van der Waals surface area contributed by atoms with Crippen molar-refractivity contribution in [2.45, 2.75) is 13.1 Å². The van der Waals surface area contributed by atoms with Gasteiger partial charge in [0.25, 0.3) is 5.91 Å². The van der Waals surface area contributed by atoms with E-state index in [9.17, 15) is 4.79 Å². The highest BCUT2D eigenvalue weighted by Crippen LogP contribution is 2.17. The molecule has 0 aliphatic carbocycles. The second kappa shape index (κ2) is 5.26. The van der Waals surface area contributed by atoms with E-state index in [2.05, 4.69) is 16.8 Å². The molecule has 0 saturated heterocycles. The third-order valence-corrected chi connectivity index (χ3v) is 2.10. The van der Waals surface area contributed by atoms with Gasteiger partial charge in [-0.05, 0) is 6.72 Å². The number of carbonyl (C=O) groups is 1. The lowest BCUT2D eigenvalue weighted by Gasteiger charge is -2.04. The zero-order valence-electron chi connectivity index (χ0n) is 9.14. The molecule has 7 nitrogen and oxygen atoms in total. The van der Waals surface area contributed by atoms with Crippen LogP contribution in [0.5, 0.6) is 0 Å². The van der Waals surface area contributed by atoms with Crippen LogP contribution in [0.25, 0.3) is 0 Å². The predicted octanol–water partition coefficient (Wildman–Crippen LogP) is -0.589. The molecule has 0 atom stereocenters. The Bertz CT molecular complexity index is 399. The number of hydrogen-bond acceptors (Lipinski definition) is 5. The van der Waals surface area contributed by atoms with E-state index in [-0.39, 0.29) is 17.9 Å². The van der Waals surface area contributed by atoms with E-state index >= 15 is 0 Å². The van der Waals surface area contributed by atoms with E-state index in [4.69, 9.17) is 16.2 Å². The molecule has 1 amide bonds. The molecule has 1 aromatic rings. The molecule has 7 heteroatoms. The van der Waals surface area contributed by atoms with Gasteiger partial charge in [-0.2, -0.15) is 5.10 Å². The van der Waals surface area contributed by atoms with Gasteiger partial charge in [-0.3, -0.25) is 14.5 Å². The Hall–Kier alpha value is -1.89. The molecule has 0 fully saturated rings. The van der Waals surface area contributed by atoms with Crippen molar-refractivity contribution in [1.29, 1.82) is 0 Å². The number of anilines is 1. The van der Waals surface area contributed by atoms with E-state index in [1.54, 1.807) is 11.8 Å². The summed E-state index contributed by atoms with van der Waals surface area (Å²) >= 11 is 0. The first kappa shape index (κ1) is 12.2. The quantitative estimate of drug-likeness (QED) is 0.631. The van der Waals surface area contributed by atoms with E-state index in [0.717, 1.165) is 0 Å². The number of amides is 1. The van der Waals surface area contributed by atoms with Crippen LogP contribution in [0, 0.1) is 0 Å². The lowest BCUT2D eigenvalue weighted by atomic mass is 10.3. The fourth-order valence-corrected chi connectivity index (χ4v) is 1.33. The van der Waals surface area contributed by atoms with Crippen LogP contribution in [-0.2, 0) is 17.8 Å². The summed E-state index contributed by atoms with van der Waals surface area (Å²) in [6, 6.07) is 0. The molecule has 1 heterocycles. The molecule has 4 N–H and O–H groups in total. The SMILES string of the molecule is C=NCc1c(N)c(C(N)=O)nn1CCOC. The largest absolute Gasteiger partial charge is 0.395 e. The molecule has 0 spiro atoms. The van der Waals surface area contributed by atoms with Gasteiger partial charge in [0.1, 0.15) is 0 Å². The summed E-state index contributed by atoms with van der Waals surface area (Å²) in [6.45, 7) is 4.61. The number of hydrogen-bond donors (Lipinski definition) is 2. The second-order valence-electron chi connectivity index (χ2n) is 3.17. The summed E-state index contributed by atoms with van der Waals surface area (Å²) in [5.41, 5.74) is 11.9. The van der Waals surface area contributed by atoms with Crippen molar-refractivity contribution >= 4 is 18.3 Å². The Kier molecular flexibility index (Phi) is 4.01.